The fourth-order valence-electron chi connectivity index (χ4n) is 1.21. The predicted octanol–water partition coefficient (Wildman–Crippen LogP) is -0.237. The number of carbonyl (C=O) groups is 3. The van der Waals surface area contributed by atoms with Gasteiger partial charge in [0.25, 0.3) is 0 Å². The molecule has 8 nitrogen and oxygen atoms in total. The molecule has 1 unspecified atom stereocenters. The lowest BCUT2D eigenvalue weighted by Gasteiger charge is -2.15. The molecule has 9 heteroatoms. The van der Waals surface area contributed by atoms with Crippen LogP contribution in [0.4, 0.5) is 9.59 Å². The maximum absolute atomic E-state index is 11.5. The van der Waals surface area contributed by atoms with Gasteiger partial charge in [-0.15, -0.1) is 0 Å². The maximum atomic E-state index is 11.5. The second kappa shape index (κ2) is 10.2. The molecule has 0 aromatic heterocycles. The molecule has 0 aromatic carbocycles. The Morgan fingerprint density at radius 1 is 1.20 bits per heavy atom. The van der Waals surface area contributed by atoms with Crippen LogP contribution in [0.2, 0.25) is 0 Å². The van der Waals surface area contributed by atoms with Crippen LogP contribution in [0.5, 0.6) is 0 Å². The first-order valence-electron chi connectivity index (χ1n) is 6.09. The van der Waals surface area contributed by atoms with Gasteiger partial charge in [0.1, 0.15) is 6.04 Å². The first-order chi connectivity index (χ1) is 9.38. The van der Waals surface area contributed by atoms with Crippen molar-refractivity contribution < 1.29 is 19.5 Å². The number of hydrogen-bond donors (Lipinski definition) is 4. The third-order valence-electron chi connectivity index (χ3n) is 2.31. The number of carboxylic acids is 1. The van der Waals surface area contributed by atoms with Crippen molar-refractivity contribution in [1.29, 1.82) is 0 Å². The largest absolute Gasteiger partial charge is 0.480 e. The fraction of sp³-hybridized carbons (Fsp3) is 0.727. The van der Waals surface area contributed by atoms with Gasteiger partial charge in [-0.05, 0) is 18.4 Å². The van der Waals surface area contributed by atoms with Crippen molar-refractivity contribution >= 4 is 29.8 Å². The zero-order valence-corrected chi connectivity index (χ0v) is 12.7. The van der Waals surface area contributed by atoms with E-state index in [2.05, 4.69) is 16.0 Å². The van der Waals surface area contributed by atoms with Crippen molar-refractivity contribution in [3.05, 3.63) is 0 Å². The van der Waals surface area contributed by atoms with Gasteiger partial charge in [0.15, 0.2) is 0 Å². The smallest absolute Gasteiger partial charge is 0.326 e. The minimum absolute atomic E-state index is 0.223. The van der Waals surface area contributed by atoms with Gasteiger partial charge in [-0.1, -0.05) is 0 Å². The molecule has 0 aliphatic heterocycles. The number of nitrogens with zero attached hydrogens (tertiary/aromatic N) is 1. The minimum atomic E-state index is -1.06. The molecule has 0 rings (SSSR count). The summed E-state index contributed by atoms with van der Waals surface area (Å²) in [6, 6.07) is -1.72. The maximum Gasteiger partial charge on any atom is 0.326 e. The van der Waals surface area contributed by atoms with Crippen LogP contribution in [0.3, 0.4) is 0 Å². The lowest BCUT2D eigenvalue weighted by atomic mass is 10.2. The molecule has 1 atom stereocenters. The summed E-state index contributed by atoms with van der Waals surface area (Å²) in [4.78, 5) is 35.0. The highest BCUT2D eigenvalue weighted by Gasteiger charge is 2.18. The zero-order chi connectivity index (χ0) is 15.5. The molecule has 0 saturated carbocycles. The monoisotopic (exact) mass is 306 g/mol. The van der Waals surface area contributed by atoms with E-state index in [1.54, 1.807) is 14.1 Å². The Balaban J connectivity index is 3.90. The predicted molar refractivity (Wildman–Crippen MR) is 78.0 cm³/mol. The first-order valence-corrected chi connectivity index (χ1v) is 7.49. The Hall–Kier alpha value is -1.64. The average Bonchev–Trinajstić information content (AvgIpc) is 2.38. The van der Waals surface area contributed by atoms with Crippen LogP contribution in [0.25, 0.3) is 0 Å². The van der Waals surface area contributed by atoms with Crippen molar-refractivity contribution in [1.82, 2.24) is 20.9 Å². The number of hydrogen-bond acceptors (Lipinski definition) is 4. The molecule has 0 fully saturated rings. The third kappa shape index (κ3) is 8.46. The molecular weight excluding hydrogens is 284 g/mol. The molecule has 0 aliphatic rings. The van der Waals surface area contributed by atoms with E-state index in [0.29, 0.717) is 12.2 Å². The SMILES string of the molecule is CSCCC(NC(=O)NCCNC(=O)N(C)C)C(=O)O. The molecule has 0 spiro atoms. The molecule has 0 aliphatic carbocycles. The summed E-state index contributed by atoms with van der Waals surface area (Å²) in [6.07, 6.45) is 2.23. The number of amides is 4. The van der Waals surface area contributed by atoms with Crippen LogP contribution in [-0.4, -0.2) is 73.3 Å². The topological polar surface area (TPSA) is 111 Å². The van der Waals surface area contributed by atoms with Gasteiger partial charge in [0.2, 0.25) is 0 Å². The van der Waals surface area contributed by atoms with Gasteiger partial charge in [-0.2, -0.15) is 11.8 Å². The van der Waals surface area contributed by atoms with Crippen molar-refractivity contribution in [3.63, 3.8) is 0 Å². The first kappa shape index (κ1) is 18.4. The number of rotatable bonds is 8. The molecular formula is C11H22N4O4S. The highest BCUT2D eigenvalue weighted by molar-refractivity contribution is 7.98. The van der Waals surface area contributed by atoms with Crippen molar-refractivity contribution in [2.24, 2.45) is 0 Å². The normalized spacial score (nSPS) is 11.3. The van der Waals surface area contributed by atoms with E-state index >= 15 is 0 Å². The number of urea groups is 2. The lowest BCUT2D eigenvalue weighted by molar-refractivity contribution is -0.139. The molecule has 0 aromatic rings. The summed E-state index contributed by atoms with van der Waals surface area (Å²) in [5.74, 6) is -0.411. The molecule has 4 N–H and O–H groups in total. The van der Waals surface area contributed by atoms with Gasteiger partial charge in [-0.3, -0.25) is 0 Å². The van der Waals surface area contributed by atoms with Crippen LogP contribution < -0.4 is 16.0 Å². The summed E-state index contributed by atoms with van der Waals surface area (Å²) in [5.41, 5.74) is 0. The van der Waals surface area contributed by atoms with E-state index in [1.165, 1.54) is 16.7 Å². The van der Waals surface area contributed by atoms with E-state index in [0.717, 1.165) is 0 Å². The van der Waals surface area contributed by atoms with Gasteiger partial charge in [0, 0.05) is 27.2 Å². The van der Waals surface area contributed by atoms with Crippen LogP contribution >= 0.6 is 11.8 Å². The summed E-state index contributed by atoms with van der Waals surface area (Å²) in [5, 5.41) is 16.4. The molecule has 0 bridgehead atoms. The standard InChI is InChI=1S/C11H22N4O4S/c1-15(2)11(19)13-6-5-12-10(18)14-8(9(16)17)4-7-20-3/h8H,4-7H2,1-3H3,(H,13,19)(H,16,17)(H2,12,14,18). The minimum Gasteiger partial charge on any atom is -0.480 e. The van der Waals surface area contributed by atoms with Gasteiger partial charge in [0.05, 0.1) is 0 Å². The number of aliphatic carboxylic acids is 1. The van der Waals surface area contributed by atoms with Gasteiger partial charge >= 0.3 is 18.0 Å². The Kier molecular flexibility index (Phi) is 9.35. The van der Waals surface area contributed by atoms with Gasteiger partial charge < -0.3 is 26.0 Å². The highest BCUT2D eigenvalue weighted by Crippen LogP contribution is 2.00. The molecule has 20 heavy (non-hydrogen) atoms. The Morgan fingerprint density at radius 2 is 1.80 bits per heavy atom. The second-order valence-corrected chi connectivity index (χ2v) is 5.18. The third-order valence-corrected chi connectivity index (χ3v) is 2.95. The Morgan fingerprint density at radius 3 is 2.30 bits per heavy atom. The molecule has 116 valence electrons. The van der Waals surface area contributed by atoms with Gasteiger partial charge in [-0.25, -0.2) is 14.4 Å². The molecule has 0 radical (unpaired) electrons. The van der Waals surface area contributed by atoms with Crippen molar-refractivity contribution in [2.75, 3.05) is 39.2 Å². The molecule has 0 saturated heterocycles. The Bertz CT molecular complexity index is 338. The zero-order valence-electron chi connectivity index (χ0n) is 11.9. The van der Waals surface area contributed by atoms with Crippen molar-refractivity contribution in [2.45, 2.75) is 12.5 Å². The highest BCUT2D eigenvalue weighted by atomic mass is 32.2. The summed E-state index contributed by atoms with van der Waals surface area (Å²) in [6.45, 7) is 0.493. The number of carbonyl (C=O) groups excluding carboxylic acids is 2. The van der Waals surface area contributed by atoms with E-state index < -0.39 is 18.0 Å². The number of nitrogens with one attached hydrogen (secondary N) is 3. The molecule has 4 amide bonds. The fourth-order valence-corrected chi connectivity index (χ4v) is 1.68. The summed E-state index contributed by atoms with van der Waals surface area (Å²) < 4.78 is 0. The lowest BCUT2D eigenvalue weighted by Crippen LogP contribution is -2.48. The number of thioether (sulfide) groups is 1. The summed E-state index contributed by atoms with van der Waals surface area (Å²) in [7, 11) is 3.22. The average molecular weight is 306 g/mol. The van der Waals surface area contributed by atoms with E-state index in [-0.39, 0.29) is 19.1 Å². The number of carboxylic acid groups (broad SMARTS) is 1. The van der Waals surface area contributed by atoms with E-state index in [9.17, 15) is 14.4 Å². The second-order valence-electron chi connectivity index (χ2n) is 4.20. The summed E-state index contributed by atoms with van der Waals surface area (Å²) >= 11 is 1.51. The van der Waals surface area contributed by atoms with Crippen LogP contribution in [-0.2, 0) is 4.79 Å². The van der Waals surface area contributed by atoms with Crippen molar-refractivity contribution in [3.8, 4) is 0 Å². The van der Waals surface area contributed by atoms with Crippen LogP contribution in [0.15, 0.2) is 0 Å². The van der Waals surface area contributed by atoms with E-state index in [1.807, 2.05) is 6.26 Å². The van der Waals surface area contributed by atoms with E-state index in [4.69, 9.17) is 5.11 Å². The molecule has 0 heterocycles. The quantitative estimate of drug-likeness (QED) is 0.463. The Labute approximate surface area is 122 Å². The van der Waals surface area contributed by atoms with Crippen LogP contribution in [0, 0.1) is 0 Å². The van der Waals surface area contributed by atoms with Crippen LogP contribution in [0.1, 0.15) is 6.42 Å².